The molecule has 0 saturated heterocycles. The van der Waals surface area contributed by atoms with Gasteiger partial charge >= 0.3 is 5.97 Å². The smallest absolute Gasteiger partial charge is 0.337 e. The molecule has 0 aliphatic rings. The average Bonchev–Trinajstić information content (AvgIpc) is 2.65. The summed E-state index contributed by atoms with van der Waals surface area (Å²) in [5.74, 6) is -1.01. The summed E-state index contributed by atoms with van der Waals surface area (Å²) in [5.41, 5.74) is 0.865. The van der Waals surface area contributed by atoms with Gasteiger partial charge in [-0.25, -0.2) is 4.79 Å². The second-order valence-corrected chi connectivity index (χ2v) is 4.66. The third-order valence-corrected chi connectivity index (χ3v) is 3.18. The fourth-order valence-electron chi connectivity index (χ4n) is 1.88. The lowest BCUT2D eigenvalue weighted by Gasteiger charge is -2.05. The van der Waals surface area contributed by atoms with Crippen LogP contribution in [0.4, 0.5) is 0 Å². The summed E-state index contributed by atoms with van der Waals surface area (Å²) in [6.07, 6.45) is 1.55. The number of hydrogen-bond acceptors (Lipinski definition) is 2. The van der Waals surface area contributed by atoms with Crippen LogP contribution in [0.2, 0.25) is 10.0 Å². The summed E-state index contributed by atoms with van der Waals surface area (Å²) in [5, 5.41) is 10.5. The van der Waals surface area contributed by atoms with E-state index in [-0.39, 0.29) is 5.56 Å². The highest BCUT2D eigenvalue weighted by Crippen LogP contribution is 2.32. The van der Waals surface area contributed by atoms with Crippen molar-refractivity contribution in [2.45, 2.75) is 6.54 Å². The number of fused-ring (bicyclic) bond motifs is 1. The number of nitrogens with zero attached hydrogens (tertiary/aromatic N) is 1. The molecule has 0 amide bonds. The van der Waals surface area contributed by atoms with Crippen LogP contribution >= 0.6 is 23.2 Å². The SMILES string of the molecule is COCCn1cc(C(=O)O)c2c(Cl)cc(Cl)cc21. The van der Waals surface area contributed by atoms with E-state index >= 15 is 0 Å². The average molecular weight is 288 g/mol. The lowest BCUT2D eigenvalue weighted by atomic mass is 10.2. The van der Waals surface area contributed by atoms with Gasteiger partial charge in [-0.1, -0.05) is 23.2 Å². The Kier molecular flexibility index (Phi) is 3.80. The maximum absolute atomic E-state index is 11.2. The van der Waals surface area contributed by atoms with Crippen LogP contribution in [0.1, 0.15) is 10.4 Å². The van der Waals surface area contributed by atoms with Gasteiger partial charge in [-0.15, -0.1) is 0 Å². The minimum absolute atomic E-state index is 0.169. The van der Waals surface area contributed by atoms with Crippen molar-refractivity contribution in [3.63, 3.8) is 0 Å². The molecule has 18 heavy (non-hydrogen) atoms. The number of aromatic carboxylic acids is 1. The molecule has 0 atom stereocenters. The predicted octanol–water partition coefficient (Wildman–Crippen LogP) is 3.29. The zero-order valence-corrected chi connectivity index (χ0v) is 11.1. The molecule has 0 spiro atoms. The van der Waals surface area contributed by atoms with Crippen LogP contribution < -0.4 is 0 Å². The van der Waals surface area contributed by atoms with Gasteiger partial charge in [0, 0.05) is 30.3 Å². The molecule has 0 saturated carbocycles. The number of methoxy groups -OCH3 is 1. The van der Waals surface area contributed by atoms with E-state index in [1.165, 1.54) is 0 Å². The van der Waals surface area contributed by atoms with E-state index in [1.807, 2.05) is 0 Å². The van der Waals surface area contributed by atoms with Crippen LogP contribution in [0.25, 0.3) is 10.9 Å². The zero-order chi connectivity index (χ0) is 13.3. The molecule has 0 aliphatic heterocycles. The predicted molar refractivity (Wildman–Crippen MR) is 70.8 cm³/mol. The Morgan fingerprint density at radius 1 is 1.44 bits per heavy atom. The first-order chi connectivity index (χ1) is 8.54. The second-order valence-electron chi connectivity index (χ2n) is 3.82. The minimum atomic E-state index is -1.01. The van der Waals surface area contributed by atoms with Gasteiger partial charge < -0.3 is 14.4 Å². The van der Waals surface area contributed by atoms with Crippen LogP contribution in [0.15, 0.2) is 18.3 Å². The first-order valence-electron chi connectivity index (χ1n) is 5.24. The monoisotopic (exact) mass is 287 g/mol. The van der Waals surface area contributed by atoms with Crippen molar-refractivity contribution in [2.24, 2.45) is 0 Å². The third kappa shape index (κ3) is 2.32. The number of benzene rings is 1. The van der Waals surface area contributed by atoms with E-state index in [4.69, 9.17) is 27.9 Å². The number of hydrogen-bond donors (Lipinski definition) is 1. The third-order valence-electron chi connectivity index (χ3n) is 2.66. The first-order valence-corrected chi connectivity index (χ1v) is 6.00. The lowest BCUT2D eigenvalue weighted by Crippen LogP contribution is -2.02. The number of aromatic nitrogens is 1. The number of carbonyl (C=O) groups is 1. The fraction of sp³-hybridized carbons (Fsp3) is 0.250. The van der Waals surface area contributed by atoms with Gasteiger partial charge in [0.1, 0.15) is 0 Å². The van der Waals surface area contributed by atoms with Crippen molar-refractivity contribution < 1.29 is 14.6 Å². The summed E-state index contributed by atoms with van der Waals surface area (Å²) in [4.78, 5) is 11.2. The Morgan fingerprint density at radius 3 is 2.78 bits per heavy atom. The Bertz CT molecular complexity index is 607. The number of rotatable bonds is 4. The molecule has 0 bridgehead atoms. The molecule has 0 fully saturated rings. The van der Waals surface area contributed by atoms with Crippen molar-refractivity contribution in [1.82, 2.24) is 4.57 Å². The van der Waals surface area contributed by atoms with E-state index in [1.54, 1.807) is 30.0 Å². The zero-order valence-electron chi connectivity index (χ0n) is 9.61. The Labute approximate surface area is 114 Å². The topological polar surface area (TPSA) is 51.5 Å². The van der Waals surface area contributed by atoms with Crippen LogP contribution in [0, 0.1) is 0 Å². The van der Waals surface area contributed by atoms with E-state index in [0.29, 0.717) is 34.1 Å². The maximum Gasteiger partial charge on any atom is 0.337 e. The van der Waals surface area contributed by atoms with Crippen LogP contribution in [0.3, 0.4) is 0 Å². The fourth-order valence-corrected chi connectivity index (χ4v) is 2.46. The molecule has 4 nitrogen and oxygen atoms in total. The van der Waals surface area contributed by atoms with Crippen molar-refractivity contribution in [3.05, 3.63) is 33.9 Å². The van der Waals surface area contributed by atoms with Gasteiger partial charge in [0.05, 0.1) is 22.7 Å². The Balaban J connectivity index is 2.68. The van der Waals surface area contributed by atoms with Gasteiger partial charge in [0.2, 0.25) is 0 Å². The van der Waals surface area contributed by atoms with Crippen molar-refractivity contribution >= 4 is 40.1 Å². The highest BCUT2D eigenvalue weighted by Gasteiger charge is 2.17. The highest BCUT2D eigenvalue weighted by atomic mass is 35.5. The van der Waals surface area contributed by atoms with Gasteiger partial charge in [0.25, 0.3) is 0 Å². The molecule has 96 valence electrons. The molecule has 0 unspecified atom stereocenters. The molecule has 1 heterocycles. The summed E-state index contributed by atoms with van der Waals surface area (Å²) in [6.45, 7) is 1.02. The number of ether oxygens (including phenoxy) is 1. The number of carboxylic acids is 1. The van der Waals surface area contributed by atoms with E-state index in [9.17, 15) is 9.90 Å². The number of carboxylic acid groups (broad SMARTS) is 1. The molecule has 2 rings (SSSR count). The molecular formula is C12H11Cl2NO3. The summed E-state index contributed by atoms with van der Waals surface area (Å²) < 4.78 is 6.77. The van der Waals surface area contributed by atoms with E-state index < -0.39 is 5.97 Å². The Morgan fingerprint density at radius 2 is 2.17 bits per heavy atom. The molecule has 6 heteroatoms. The molecule has 1 aromatic carbocycles. The summed E-state index contributed by atoms with van der Waals surface area (Å²) in [6, 6.07) is 3.24. The van der Waals surface area contributed by atoms with Gasteiger partial charge in [-0.2, -0.15) is 0 Å². The van der Waals surface area contributed by atoms with Crippen molar-refractivity contribution in [2.75, 3.05) is 13.7 Å². The lowest BCUT2D eigenvalue weighted by molar-refractivity contribution is 0.0698. The molecular weight excluding hydrogens is 277 g/mol. The second kappa shape index (κ2) is 5.18. The Hall–Kier alpha value is -1.23. The molecule has 0 radical (unpaired) electrons. The van der Waals surface area contributed by atoms with Crippen LogP contribution in [0.5, 0.6) is 0 Å². The largest absolute Gasteiger partial charge is 0.478 e. The van der Waals surface area contributed by atoms with E-state index in [2.05, 4.69) is 0 Å². The molecule has 1 N–H and O–H groups in total. The maximum atomic E-state index is 11.2. The van der Waals surface area contributed by atoms with E-state index in [0.717, 1.165) is 0 Å². The normalized spacial score (nSPS) is 11.1. The standard InChI is InChI=1S/C12H11Cl2NO3/c1-18-3-2-15-6-8(12(16)17)11-9(14)4-7(13)5-10(11)15/h4-6H,2-3H2,1H3,(H,16,17). The highest BCUT2D eigenvalue weighted by molar-refractivity contribution is 6.39. The quantitative estimate of drug-likeness (QED) is 0.939. The summed E-state index contributed by atoms with van der Waals surface area (Å²) in [7, 11) is 1.59. The summed E-state index contributed by atoms with van der Waals surface area (Å²) >= 11 is 12.0. The van der Waals surface area contributed by atoms with Crippen molar-refractivity contribution in [1.29, 1.82) is 0 Å². The molecule has 1 aromatic heterocycles. The van der Waals surface area contributed by atoms with Crippen molar-refractivity contribution in [3.8, 4) is 0 Å². The van der Waals surface area contributed by atoms with Crippen LogP contribution in [-0.4, -0.2) is 29.4 Å². The minimum Gasteiger partial charge on any atom is -0.478 e. The first kappa shape index (κ1) is 13.2. The van der Waals surface area contributed by atoms with Gasteiger partial charge in [0.15, 0.2) is 0 Å². The van der Waals surface area contributed by atoms with Gasteiger partial charge in [-0.05, 0) is 12.1 Å². The molecule has 0 aliphatic carbocycles. The van der Waals surface area contributed by atoms with Gasteiger partial charge in [-0.3, -0.25) is 0 Å². The number of halogens is 2. The molecule has 2 aromatic rings. The van der Waals surface area contributed by atoms with Crippen LogP contribution in [-0.2, 0) is 11.3 Å².